The number of hydrogen-bond acceptors (Lipinski definition) is 7. The highest BCUT2D eigenvalue weighted by Gasteiger charge is 2.47. The summed E-state index contributed by atoms with van der Waals surface area (Å²) in [5.74, 6) is 0.891. The van der Waals surface area contributed by atoms with Crippen LogP contribution in [0.2, 0.25) is 0 Å². The highest BCUT2D eigenvalue weighted by molar-refractivity contribution is 5.75. The van der Waals surface area contributed by atoms with E-state index < -0.39 is 5.60 Å². The molecule has 0 aromatic carbocycles. The van der Waals surface area contributed by atoms with Crippen LogP contribution in [0.4, 0.5) is 9.59 Å². The zero-order valence-electron chi connectivity index (χ0n) is 14.5. The van der Waals surface area contributed by atoms with Crippen molar-refractivity contribution in [2.45, 2.75) is 31.4 Å². The standard InChI is InChI=1S/C15H23N5O5/c1-19-9-15(24-14(19)22)5-3-6-20(10-15)13(21)16-8-11-17-12(25-18-11)4-7-23-2/h3-10H2,1-2H3,(H,16,21)/t15-/m0/s1. The fourth-order valence-electron chi connectivity index (χ4n) is 3.20. The van der Waals surface area contributed by atoms with E-state index in [0.717, 1.165) is 12.8 Å². The number of ether oxygens (including phenoxy) is 2. The number of likely N-dealkylation sites (N-methyl/N-ethyl adjacent to an activating group) is 1. The van der Waals surface area contributed by atoms with Gasteiger partial charge in [0, 0.05) is 20.7 Å². The monoisotopic (exact) mass is 353 g/mol. The van der Waals surface area contributed by atoms with E-state index in [1.165, 1.54) is 0 Å². The Kier molecular flexibility index (Phi) is 5.07. The predicted molar refractivity (Wildman–Crippen MR) is 84.8 cm³/mol. The van der Waals surface area contributed by atoms with E-state index in [2.05, 4.69) is 15.5 Å². The third-order valence-electron chi connectivity index (χ3n) is 4.40. The van der Waals surface area contributed by atoms with Gasteiger partial charge in [-0.1, -0.05) is 5.16 Å². The molecule has 2 saturated heterocycles. The van der Waals surface area contributed by atoms with Gasteiger partial charge in [-0.05, 0) is 12.8 Å². The van der Waals surface area contributed by atoms with Gasteiger partial charge in [0.25, 0.3) is 0 Å². The number of nitrogens with zero attached hydrogens (tertiary/aromatic N) is 4. The van der Waals surface area contributed by atoms with Crippen LogP contribution in [0, 0.1) is 0 Å². The van der Waals surface area contributed by atoms with E-state index in [4.69, 9.17) is 14.0 Å². The quantitative estimate of drug-likeness (QED) is 0.815. The Bertz CT molecular complexity index is 636. The van der Waals surface area contributed by atoms with Crippen LogP contribution < -0.4 is 5.32 Å². The third-order valence-corrected chi connectivity index (χ3v) is 4.40. The Labute approximate surface area is 145 Å². The van der Waals surface area contributed by atoms with Crippen molar-refractivity contribution < 1.29 is 23.6 Å². The first-order chi connectivity index (χ1) is 12.0. The molecule has 25 heavy (non-hydrogen) atoms. The van der Waals surface area contributed by atoms with Crippen LogP contribution in [0.3, 0.4) is 0 Å². The molecular formula is C15H23N5O5. The number of carbonyl (C=O) groups is 2. The fourth-order valence-corrected chi connectivity index (χ4v) is 3.20. The van der Waals surface area contributed by atoms with Crippen molar-refractivity contribution in [2.24, 2.45) is 0 Å². The smallest absolute Gasteiger partial charge is 0.410 e. The summed E-state index contributed by atoms with van der Waals surface area (Å²) in [5.41, 5.74) is -0.596. The summed E-state index contributed by atoms with van der Waals surface area (Å²) in [7, 11) is 3.30. The van der Waals surface area contributed by atoms with Crippen molar-refractivity contribution in [3.8, 4) is 0 Å². The molecule has 1 atom stereocenters. The molecular weight excluding hydrogens is 330 g/mol. The molecule has 3 heterocycles. The maximum Gasteiger partial charge on any atom is 0.410 e. The summed E-state index contributed by atoms with van der Waals surface area (Å²) >= 11 is 0. The SMILES string of the molecule is COCCc1nc(CNC(=O)N2CCC[C@]3(CN(C)C(=O)O3)C2)no1. The average Bonchev–Trinajstić information content (AvgIpc) is 3.15. The van der Waals surface area contributed by atoms with Gasteiger partial charge in [-0.2, -0.15) is 4.98 Å². The zero-order chi connectivity index (χ0) is 17.9. The molecule has 1 aromatic heterocycles. The topological polar surface area (TPSA) is 110 Å². The first-order valence-electron chi connectivity index (χ1n) is 8.29. The Morgan fingerprint density at radius 1 is 1.44 bits per heavy atom. The lowest BCUT2D eigenvalue weighted by Crippen LogP contribution is -2.54. The van der Waals surface area contributed by atoms with Gasteiger partial charge in [-0.25, -0.2) is 9.59 Å². The number of nitrogens with one attached hydrogen (secondary N) is 1. The van der Waals surface area contributed by atoms with Crippen molar-refractivity contribution >= 4 is 12.1 Å². The number of rotatable bonds is 5. The van der Waals surface area contributed by atoms with Gasteiger partial charge in [-0.15, -0.1) is 0 Å². The number of carbonyl (C=O) groups excluding carboxylic acids is 2. The molecule has 0 aliphatic carbocycles. The number of hydrogen-bond donors (Lipinski definition) is 1. The Hall–Kier alpha value is -2.36. The summed E-state index contributed by atoms with van der Waals surface area (Å²) in [6.45, 7) is 2.19. The lowest BCUT2D eigenvalue weighted by molar-refractivity contribution is 0.00315. The minimum absolute atomic E-state index is 0.179. The Morgan fingerprint density at radius 3 is 3.00 bits per heavy atom. The summed E-state index contributed by atoms with van der Waals surface area (Å²) in [4.78, 5) is 31.5. The molecule has 1 N–H and O–H groups in total. The molecule has 138 valence electrons. The maximum atomic E-state index is 12.4. The molecule has 2 aliphatic heterocycles. The Morgan fingerprint density at radius 2 is 2.28 bits per heavy atom. The number of likely N-dealkylation sites (tertiary alicyclic amines) is 1. The summed E-state index contributed by atoms with van der Waals surface area (Å²) in [6, 6.07) is -0.229. The van der Waals surface area contributed by atoms with Crippen LogP contribution in [-0.4, -0.2) is 78.1 Å². The molecule has 1 aromatic rings. The van der Waals surface area contributed by atoms with Gasteiger partial charge in [0.1, 0.15) is 5.60 Å². The second-order valence-corrected chi connectivity index (χ2v) is 6.44. The highest BCUT2D eigenvalue weighted by atomic mass is 16.6. The molecule has 3 rings (SSSR count). The van der Waals surface area contributed by atoms with Crippen molar-refractivity contribution in [2.75, 3.05) is 40.4 Å². The third kappa shape index (κ3) is 4.01. The summed E-state index contributed by atoms with van der Waals surface area (Å²) in [5, 5.41) is 6.61. The first kappa shape index (κ1) is 17.5. The van der Waals surface area contributed by atoms with E-state index in [9.17, 15) is 9.59 Å². The number of urea groups is 1. The van der Waals surface area contributed by atoms with E-state index in [-0.39, 0.29) is 18.7 Å². The van der Waals surface area contributed by atoms with Crippen LogP contribution in [0.25, 0.3) is 0 Å². The summed E-state index contributed by atoms with van der Waals surface area (Å²) in [6.07, 6.45) is 1.75. The first-order valence-corrected chi connectivity index (χ1v) is 8.29. The molecule has 1 spiro atoms. The van der Waals surface area contributed by atoms with Crippen molar-refractivity contribution in [3.63, 3.8) is 0 Å². The lowest BCUT2D eigenvalue weighted by Gasteiger charge is -2.38. The molecule has 3 amide bonds. The maximum absolute atomic E-state index is 12.4. The van der Waals surface area contributed by atoms with Gasteiger partial charge in [0.05, 0.1) is 32.7 Å². The van der Waals surface area contributed by atoms with Crippen LogP contribution in [0.15, 0.2) is 4.52 Å². The molecule has 0 bridgehead atoms. The van der Waals surface area contributed by atoms with Gasteiger partial charge < -0.3 is 29.1 Å². The number of piperidine rings is 1. The second-order valence-electron chi connectivity index (χ2n) is 6.44. The van der Waals surface area contributed by atoms with Crippen LogP contribution >= 0.6 is 0 Å². The minimum atomic E-state index is -0.596. The average molecular weight is 353 g/mol. The minimum Gasteiger partial charge on any atom is -0.439 e. The second kappa shape index (κ2) is 7.26. The number of amides is 3. The van der Waals surface area contributed by atoms with E-state index >= 15 is 0 Å². The molecule has 2 aliphatic rings. The van der Waals surface area contributed by atoms with Crippen molar-refractivity contribution in [1.82, 2.24) is 25.3 Å². The van der Waals surface area contributed by atoms with Gasteiger partial charge >= 0.3 is 12.1 Å². The van der Waals surface area contributed by atoms with E-state index in [1.807, 2.05) is 0 Å². The Balaban J connectivity index is 1.51. The molecule has 0 saturated carbocycles. The molecule has 2 fully saturated rings. The fraction of sp³-hybridized carbons (Fsp3) is 0.733. The predicted octanol–water partition coefficient (Wildman–Crippen LogP) is 0.385. The van der Waals surface area contributed by atoms with Crippen molar-refractivity contribution in [3.05, 3.63) is 11.7 Å². The number of aromatic nitrogens is 2. The molecule has 10 heteroatoms. The summed E-state index contributed by atoms with van der Waals surface area (Å²) < 4.78 is 15.5. The largest absolute Gasteiger partial charge is 0.439 e. The van der Waals surface area contributed by atoms with E-state index in [1.54, 1.807) is 24.0 Å². The van der Waals surface area contributed by atoms with Crippen LogP contribution in [-0.2, 0) is 22.4 Å². The lowest BCUT2D eigenvalue weighted by atomic mass is 9.93. The molecule has 0 radical (unpaired) electrons. The zero-order valence-corrected chi connectivity index (χ0v) is 14.5. The van der Waals surface area contributed by atoms with Gasteiger partial charge in [0.2, 0.25) is 5.89 Å². The molecule has 0 unspecified atom stereocenters. The molecule has 10 nitrogen and oxygen atoms in total. The number of methoxy groups -OCH3 is 1. The van der Waals surface area contributed by atoms with Crippen LogP contribution in [0.1, 0.15) is 24.6 Å². The van der Waals surface area contributed by atoms with E-state index in [0.29, 0.717) is 44.4 Å². The van der Waals surface area contributed by atoms with Crippen LogP contribution in [0.5, 0.6) is 0 Å². The van der Waals surface area contributed by atoms with Crippen molar-refractivity contribution in [1.29, 1.82) is 0 Å². The highest BCUT2D eigenvalue weighted by Crippen LogP contribution is 2.31. The normalized spacial score (nSPS) is 23.2. The van der Waals surface area contributed by atoms with Gasteiger partial charge in [-0.3, -0.25) is 0 Å². The van der Waals surface area contributed by atoms with Gasteiger partial charge in [0.15, 0.2) is 5.82 Å².